The summed E-state index contributed by atoms with van der Waals surface area (Å²) in [5, 5.41) is 23.3. The summed E-state index contributed by atoms with van der Waals surface area (Å²) in [5.74, 6) is -10.3. The number of halogens is 7. The van der Waals surface area contributed by atoms with E-state index in [1.54, 1.807) is 0 Å². The van der Waals surface area contributed by atoms with E-state index in [2.05, 4.69) is 15.2 Å². The van der Waals surface area contributed by atoms with Crippen LogP contribution in [0.1, 0.15) is 55.2 Å². The Labute approximate surface area is 237 Å². The standard InChI is InChI=1S/C26H27ClF6N6O2/c1-24(25(2,30)31,26(3,32)33)20-19(41-23(28)29)21(38(4)37-20)36-13-15(12-35)14-5-8-18(27)17(11-14)22(40)39(10-9-34)16-6-7-16/h5,8,11-13,16,23,35-36H,6-7,10H2,1-4H3/b15-13+,35-12?. The zero-order valence-electron chi connectivity index (χ0n) is 22.4. The summed E-state index contributed by atoms with van der Waals surface area (Å²) in [5.41, 5.74) is -4.08. The van der Waals surface area contributed by atoms with Crippen molar-refractivity contribution in [2.45, 2.75) is 63.5 Å². The van der Waals surface area contributed by atoms with Gasteiger partial charge in [0.1, 0.15) is 17.7 Å². The van der Waals surface area contributed by atoms with E-state index in [1.807, 2.05) is 6.07 Å². The molecule has 222 valence electrons. The van der Waals surface area contributed by atoms with Gasteiger partial charge in [-0.15, -0.1) is 0 Å². The average Bonchev–Trinajstić information content (AvgIpc) is 3.66. The number of alkyl halides is 6. The topological polar surface area (TPSA) is 107 Å². The van der Waals surface area contributed by atoms with Crippen LogP contribution in [0.3, 0.4) is 0 Å². The number of nitrogens with one attached hydrogen (secondary N) is 2. The Balaban J connectivity index is 2.08. The number of carbonyl (C=O) groups is 1. The predicted molar refractivity (Wildman–Crippen MR) is 140 cm³/mol. The second kappa shape index (κ2) is 11.6. The molecule has 1 aromatic heterocycles. The molecule has 0 radical (unpaired) electrons. The van der Waals surface area contributed by atoms with Crippen LogP contribution in [0.5, 0.6) is 5.75 Å². The first kappa shape index (κ1) is 31.8. The lowest BCUT2D eigenvalue weighted by atomic mass is 9.75. The van der Waals surface area contributed by atoms with Crippen molar-refractivity contribution in [2.75, 3.05) is 11.9 Å². The molecule has 2 N–H and O–H groups in total. The highest BCUT2D eigenvalue weighted by molar-refractivity contribution is 6.34. The summed E-state index contributed by atoms with van der Waals surface area (Å²) in [4.78, 5) is 14.5. The highest BCUT2D eigenvalue weighted by Crippen LogP contribution is 2.53. The molecule has 0 atom stereocenters. The number of allylic oxidation sites excluding steroid dienone is 1. The van der Waals surface area contributed by atoms with Gasteiger partial charge in [0, 0.05) is 44.9 Å². The lowest BCUT2D eigenvalue weighted by molar-refractivity contribution is -0.173. The second-order valence-electron chi connectivity index (χ2n) is 9.84. The van der Waals surface area contributed by atoms with E-state index < -0.39 is 47.0 Å². The lowest BCUT2D eigenvalue weighted by Crippen LogP contribution is -2.53. The fourth-order valence-electron chi connectivity index (χ4n) is 4.20. The van der Waals surface area contributed by atoms with Crippen molar-refractivity contribution in [1.29, 1.82) is 10.7 Å². The minimum atomic E-state index is -4.13. The first-order chi connectivity index (χ1) is 19.0. The molecule has 0 bridgehead atoms. The van der Waals surface area contributed by atoms with Crippen LogP contribution >= 0.6 is 11.6 Å². The summed E-state index contributed by atoms with van der Waals surface area (Å²) >= 11 is 6.25. The normalized spacial score (nSPS) is 14.6. The summed E-state index contributed by atoms with van der Waals surface area (Å²) in [6.45, 7) is -2.77. The number of anilines is 1. The quantitative estimate of drug-likeness (QED) is 0.164. The van der Waals surface area contributed by atoms with E-state index in [4.69, 9.17) is 22.3 Å². The molecule has 1 fully saturated rings. The molecule has 1 aliphatic rings. The van der Waals surface area contributed by atoms with Crippen LogP contribution in [0.4, 0.5) is 32.2 Å². The van der Waals surface area contributed by atoms with Gasteiger partial charge in [0.2, 0.25) is 0 Å². The van der Waals surface area contributed by atoms with E-state index >= 15 is 0 Å². The van der Waals surface area contributed by atoms with Crippen LogP contribution in [0.2, 0.25) is 5.02 Å². The first-order valence-corrected chi connectivity index (χ1v) is 12.6. The van der Waals surface area contributed by atoms with Crippen molar-refractivity contribution in [1.82, 2.24) is 14.7 Å². The fraction of sp³-hybridized carbons (Fsp3) is 0.462. The van der Waals surface area contributed by atoms with Gasteiger partial charge >= 0.3 is 6.61 Å². The fourth-order valence-corrected chi connectivity index (χ4v) is 4.40. The average molecular weight is 605 g/mol. The zero-order chi connectivity index (χ0) is 30.9. The van der Waals surface area contributed by atoms with Crippen molar-refractivity contribution >= 4 is 35.1 Å². The number of aryl methyl sites for hydroxylation is 1. The Morgan fingerprint density at radius 2 is 1.90 bits per heavy atom. The maximum atomic E-state index is 14.6. The van der Waals surface area contributed by atoms with Gasteiger partial charge in [0.05, 0.1) is 16.7 Å². The number of carbonyl (C=O) groups excluding carboxylic acids is 1. The third-order valence-electron chi connectivity index (χ3n) is 6.98. The lowest BCUT2D eigenvalue weighted by Gasteiger charge is -2.38. The predicted octanol–water partition coefficient (Wildman–Crippen LogP) is 6.47. The van der Waals surface area contributed by atoms with Gasteiger partial charge in [0.25, 0.3) is 17.8 Å². The number of benzene rings is 1. The molecular weight excluding hydrogens is 578 g/mol. The van der Waals surface area contributed by atoms with Crippen LogP contribution in [0.25, 0.3) is 5.57 Å². The van der Waals surface area contributed by atoms with Gasteiger partial charge in [0.15, 0.2) is 11.6 Å². The van der Waals surface area contributed by atoms with Crippen LogP contribution < -0.4 is 10.1 Å². The Hall–Kier alpha value is -3.73. The molecule has 3 rings (SSSR count). The second-order valence-corrected chi connectivity index (χ2v) is 10.2. The molecule has 1 heterocycles. The first-order valence-electron chi connectivity index (χ1n) is 12.2. The van der Waals surface area contributed by atoms with E-state index in [-0.39, 0.29) is 48.2 Å². The Morgan fingerprint density at radius 3 is 2.39 bits per heavy atom. The summed E-state index contributed by atoms with van der Waals surface area (Å²) < 4.78 is 90.3. The molecule has 8 nitrogen and oxygen atoms in total. The molecule has 15 heteroatoms. The molecule has 1 aliphatic carbocycles. The van der Waals surface area contributed by atoms with Crippen LogP contribution in [-0.2, 0) is 12.5 Å². The van der Waals surface area contributed by atoms with Crippen LogP contribution in [0.15, 0.2) is 24.4 Å². The molecule has 0 aliphatic heterocycles. The van der Waals surface area contributed by atoms with Gasteiger partial charge in [-0.3, -0.25) is 4.79 Å². The Morgan fingerprint density at radius 1 is 1.29 bits per heavy atom. The SMILES string of the molecule is Cn1nc(C(C)(C(C)(F)F)C(C)(F)F)c(OC(F)F)c1N/C=C(\C=N)c1ccc(Cl)c(C(=O)N(CC#N)C2CC2)c1. The number of nitrogens with zero attached hydrogens (tertiary/aromatic N) is 4. The third kappa shape index (κ3) is 6.29. The maximum absolute atomic E-state index is 14.6. The van der Waals surface area contributed by atoms with Crippen molar-refractivity contribution in [3.05, 3.63) is 46.2 Å². The molecule has 2 aromatic rings. The smallest absolute Gasteiger partial charge is 0.387 e. The molecule has 1 saturated carbocycles. The summed E-state index contributed by atoms with van der Waals surface area (Å²) in [7, 11) is 1.14. The number of amides is 1. The van der Waals surface area contributed by atoms with Crippen molar-refractivity contribution in [2.24, 2.45) is 7.05 Å². The van der Waals surface area contributed by atoms with Gasteiger partial charge in [-0.2, -0.15) is 19.1 Å². The van der Waals surface area contributed by atoms with Gasteiger partial charge in [-0.1, -0.05) is 17.7 Å². The van der Waals surface area contributed by atoms with Gasteiger partial charge in [-0.25, -0.2) is 22.2 Å². The minimum Gasteiger partial charge on any atom is -0.429 e. The van der Waals surface area contributed by atoms with E-state index in [0.29, 0.717) is 6.92 Å². The number of nitriles is 1. The molecule has 41 heavy (non-hydrogen) atoms. The molecule has 0 saturated heterocycles. The van der Waals surface area contributed by atoms with Crippen LogP contribution in [-0.4, -0.2) is 57.8 Å². The molecule has 1 amide bonds. The Kier molecular flexibility index (Phi) is 9.02. The largest absolute Gasteiger partial charge is 0.429 e. The monoisotopic (exact) mass is 604 g/mol. The van der Waals surface area contributed by atoms with Gasteiger partial charge < -0.3 is 20.4 Å². The summed E-state index contributed by atoms with van der Waals surface area (Å²) in [6, 6.07) is 6.07. The number of hydrogen-bond acceptors (Lipinski definition) is 6. The molecular formula is C26H27ClF6N6O2. The third-order valence-corrected chi connectivity index (χ3v) is 7.31. The minimum absolute atomic E-state index is 0.0507. The van der Waals surface area contributed by atoms with Gasteiger partial charge in [-0.05, 0) is 37.5 Å². The van der Waals surface area contributed by atoms with Crippen LogP contribution in [0, 0.1) is 16.7 Å². The molecule has 0 unspecified atom stereocenters. The summed E-state index contributed by atoms with van der Waals surface area (Å²) in [6.07, 6.45) is 3.42. The highest BCUT2D eigenvalue weighted by Gasteiger charge is 2.64. The van der Waals surface area contributed by atoms with Crippen molar-refractivity contribution in [3.63, 3.8) is 0 Å². The molecule has 1 aromatic carbocycles. The zero-order valence-corrected chi connectivity index (χ0v) is 23.2. The molecule has 0 spiro atoms. The number of ether oxygens (including phenoxy) is 1. The van der Waals surface area contributed by atoms with E-state index in [9.17, 15) is 31.1 Å². The Bertz CT molecular complexity index is 1370. The maximum Gasteiger partial charge on any atom is 0.387 e. The number of rotatable bonds is 12. The number of hydrogen-bond donors (Lipinski definition) is 2. The highest BCUT2D eigenvalue weighted by atomic mass is 35.5. The van der Waals surface area contributed by atoms with E-state index in [0.717, 1.165) is 37.0 Å². The number of aromatic nitrogens is 2. The van der Waals surface area contributed by atoms with E-state index in [1.165, 1.54) is 23.1 Å². The van der Waals surface area contributed by atoms with Crippen molar-refractivity contribution in [3.8, 4) is 11.8 Å². The van der Waals surface area contributed by atoms with Crippen molar-refractivity contribution < 1.29 is 35.9 Å².